The lowest BCUT2D eigenvalue weighted by Gasteiger charge is -2.40. The number of anilines is 1. The predicted molar refractivity (Wildman–Crippen MR) is 85.7 cm³/mol. The minimum absolute atomic E-state index is 0.0806. The molecule has 1 saturated carbocycles. The molecule has 4 rings (SSSR count). The van der Waals surface area contributed by atoms with E-state index in [0.29, 0.717) is 0 Å². The topological polar surface area (TPSA) is 42.6 Å². The maximum absolute atomic E-state index is 9.58. The van der Waals surface area contributed by atoms with Gasteiger partial charge in [0.2, 0.25) is 0 Å². The molecule has 1 spiro atoms. The van der Waals surface area contributed by atoms with Crippen molar-refractivity contribution in [2.24, 2.45) is 11.0 Å². The van der Waals surface area contributed by atoms with Gasteiger partial charge in [-0.2, -0.15) is 20.5 Å². The fourth-order valence-corrected chi connectivity index (χ4v) is 4.35. The summed E-state index contributed by atoms with van der Waals surface area (Å²) in [4.78, 5) is 0. The van der Waals surface area contributed by atoms with Crippen LogP contribution >= 0.6 is 15.9 Å². The van der Waals surface area contributed by atoms with Crippen LogP contribution in [0.15, 0.2) is 33.8 Å². The molecular formula is C16H17BrN4. The fourth-order valence-electron chi connectivity index (χ4n) is 4.08. The van der Waals surface area contributed by atoms with Crippen molar-refractivity contribution in [3.63, 3.8) is 0 Å². The van der Waals surface area contributed by atoms with E-state index in [4.69, 9.17) is 5.10 Å². The van der Waals surface area contributed by atoms with Gasteiger partial charge in [0.1, 0.15) is 0 Å². The second kappa shape index (κ2) is 4.82. The summed E-state index contributed by atoms with van der Waals surface area (Å²) in [6.07, 6.45) is 5.43. The van der Waals surface area contributed by atoms with Crippen molar-refractivity contribution in [3.8, 4) is 6.07 Å². The van der Waals surface area contributed by atoms with Gasteiger partial charge in [0, 0.05) is 11.0 Å². The van der Waals surface area contributed by atoms with Gasteiger partial charge >= 0.3 is 0 Å². The third-order valence-electron chi connectivity index (χ3n) is 5.05. The minimum Gasteiger partial charge on any atom is -0.198 e. The first-order chi connectivity index (χ1) is 10.3. The lowest BCUT2D eigenvalue weighted by molar-refractivity contribution is 0.170. The van der Waals surface area contributed by atoms with Crippen LogP contribution in [-0.4, -0.2) is 22.8 Å². The first-order valence-electron chi connectivity index (χ1n) is 7.56. The Morgan fingerprint density at radius 1 is 1.29 bits per heavy atom. The van der Waals surface area contributed by atoms with E-state index in [-0.39, 0.29) is 11.5 Å². The third kappa shape index (κ3) is 1.79. The van der Waals surface area contributed by atoms with Crippen molar-refractivity contribution in [1.82, 2.24) is 5.01 Å². The molecule has 0 unspecified atom stereocenters. The third-order valence-corrected chi connectivity index (χ3v) is 5.57. The Morgan fingerprint density at radius 3 is 2.86 bits per heavy atom. The van der Waals surface area contributed by atoms with Gasteiger partial charge in [-0.05, 0) is 49.9 Å². The van der Waals surface area contributed by atoms with Gasteiger partial charge in [0.05, 0.1) is 28.9 Å². The van der Waals surface area contributed by atoms with E-state index < -0.39 is 0 Å². The highest BCUT2D eigenvalue weighted by Crippen LogP contribution is 2.49. The summed E-state index contributed by atoms with van der Waals surface area (Å²) < 4.78 is 1.07. The Kier molecular flexibility index (Phi) is 3.05. The standard InChI is InChI=1S/C16H17BrN4/c17-13-4-6-14(7-5-13)21-19-15-3-1-2-9-16(15)12(11-18)8-10-20(16)21/h4-7,12H,1-3,8-10H2/t12-,16+/m1/s1. The highest BCUT2D eigenvalue weighted by atomic mass is 79.9. The molecule has 2 aliphatic heterocycles. The second-order valence-corrected chi connectivity index (χ2v) is 6.95. The van der Waals surface area contributed by atoms with E-state index in [9.17, 15) is 5.26 Å². The molecule has 1 aromatic carbocycles. The van der Waals surface area contributed by atoms with Crippen molar-refractivity contribution in [3.05, 3.63) is 28.7 Å². The maximum Gasteiger partial charge on any atom is 0.0979 e. The number of hydrogen-bond donors (Lipinski definition) is 0. The normalized spacial score (nSPS) is 31.5. The quantitative estimate of drug-likeness (QED) is 0.779. The lowest BCUT2D eigenvalue weighted by Crippen LogP contribution is -2.54. The Balaban J connectivity index is 1.77. The van der Waals surface area contributed by atoms with E-state index >= 15 is 0 Å². The molecule has 0 N–H and O–H groups in total. The summed E-state index contributed by atoms with van der Waals surface area (Å²) in [5.74, 6) is 0.0806. The molecule has 0 amide bonds. The summed E-state index contributed by atoms with van der Waals surface area (Å²) in [5.41, 5.74) is 2.18. The lowest BCUT2D eigenvalue weighted by atomic mass is 9.73. The molecule has 0 radical (unpaired) electrons. The number of hydrazine groups is 1. The van der Waals surface area contributed by atoms with Gasteiger partial charge in [0.25, 0.3) is 0 Å². The van der Waals surface area contributed by atoms with Crippen LogP contribution < -0.4 is 5.12 Å². The number of benzene rings is 1. The van der Waals surface area contributed by atoms with E-state index in [0.717, 1.165) is 36.0 Å². The highest BCUT2D eigenvalue weighted by Gasteiger charge is 2.59. The van der Waals surface area contributed by atoms with Gasteiger partial charge < -0.3 is 0 Å². The van der Waals surface area contributed by atoms with Gasteiger partial charge in [0.15, 0.2) is 0 Å². The molecule has 3 aliphatic rings. The number of halogens is 1. The molecule has 2 fully saturated rings. The molecule has 1 aliphatic carbocycles. The van der Waals surface area contributed by atoms with Crippen LogP contribution in [0.2, 0.25) is 0 Å². The van der Waals surface area contributed by atoms with Crippen molar-refractivity contribution in [1.29, 1.82) is 5.26 Å². The van der Waals surface area contributed by atoms with Crippen LogP contribution in [0.25, 0.3) is 0 Å². The average Bonchev–Trinajstić information content (AvgIpc) is 3.01. The summed E-state index contributed by atoms with van der Waals surface area (Å²) in [6.45, 7) is 0.918. The zero-order valence-electron chi connectivity index (χ0n) is 11.8. The molecule has 0 bridgehead atoms. The Bertz CT molecular complexity index is 633. The predicted octanol–water partition coefficient (Wildman–Crippen LogP) is 3.70. The summed E-state index contributed by atoms with van der Waals surface area (Å²) in [7, 11) is 0. The molecule has 1 saturated heterocycles. The Hall–Kier alpha value is -1.38. The van der Waals surface area contributed by atoms with E-state index in [1.54, 1.807) is 0 Å². The van der Waals surface area contributed by atoms with Crippen LogP contribution in [0.5, 0.6) is 0 Å². The van der Waals surface area contributed by atoms with Gasteiger partial charge in [-0.25, -0.2) is 0 Å². The number of hydrogen-bond acceptors (Lipinski definition) is 4. The van der Waals surface area contributed by atoms with Crippen molar-refractivity contribution in [2.45, 2.75) is 37.6 Å². The van der Waals surface area contributed by atoms with Crippen LogP contribution in [0.4, 0.5) is 5.69 Å². The molecule has 21 heavy (non-hydrogen) atoms. The number of nitriles is 1. The van der Waals surface area contributed by atoms with Crippen molar-refractivity contribution in [2.75, 3.05) is 11.7 Å². The second-order valence-electron chi connectivity index (χ2n) is 6.04. The van der Waals surface area contributed by atoms with Gasteiger partial charge in [-0.15, -0.1) is 0 Å². The first kappa shape index (κ1) is 13.3. The first-order valence-corrected chi connectivity index (χ1v) is 8.36. The fraction of sp³-hybridized carbons (Fsp3) is 0.500. The number of nitrogens with zero attached hydrogens (tertiary/aromatic N) is 4. The molecule has 5 heteroatoms. The van der Waals surface area contributed by atoms with E-state index in [1.807, 2.05) is 17.3 Å². The minimum atomic E-state index is -0.125. The molecular weight excluding hydrogens is 328 g/mol. The van der Waals surface area contributed by atoms with E-state index in [1.165, 1.54) is 18.6 Å². The molecule has 108 valence electrons. The largest absolute Gasteiger partial charge is 0.198 e. The molecule has 2 heterocycles. The molecule has 4 nitrogen and oxygen atoms in total. The van der Waals surface area contributed by atoms with Crippen LogP contribution in [-0.2, 0) is 0 Å². The number of hydrazone groups is 1. The molecule has 0 aromatic heterocycles. The summed E-state index contributed by atoms with van der Waals surface area (Å²) in [5, 5.41) is 18.9. The maximum atomic E-state index is 9.58. The average molecular weight is 345 g/mol. The zero-order valence-corrected chi connectivity index (χ0v) is 13.4. The van der Waals surface area contributed by atoms with Crippen LogP contribution in [0, 0.1) is 17.2 Å². The van der Waals surface area contributed by atoms with Crippen molar-refractivity contribution >= 4 is 27.3 Å². The van der Waals surface area contributed by atoms with Gasteiger partial charge in [-0.1, -0.05) is 22.4 Å². The highest BCUT2D eigenvalue weighted by molar-refractivity contribution is 9.10. The summed E-state index contributed by atoms with van der Waals surface area (Å²) in [6, 6.07) is 10.8. The number of rotatable bonds is 1. The summed E-state index contributed by atoms with van der Waals surface area (Å²) >= 11 is 3.48. The van der Waals surface area contributed by atoms with Crippen LogP contribution in [0.3, 0.4) is 0 Å². The molecule has 2 atom stereocenters. The van der Waals surface area contributed by atoms with Gasteiger partial charge in [-0.3, -0.25) is 0 Å². The van der Waals surface area contributed by atoms with Crippen LogP contribution in [0.1, 0.15) is 32.1 Å². The molecule has 1 aromatic rings. The Labute approximate surface area is 133 Å². The smallest absolute Gasteiger partial charge is 0.0979 e. The van der Waals surface area contributed by atoms with E-state index in [2.05, 4.69) is 39.1 Å². The SMILES string of the molecule is N#C[C@H]1CCN2N(c3ccc(Br)cc3)N=C3CCCC[C@@]312. The van der Waals surface area contributed by atoms with Crippen molar-refractivity contribution < 1.29 is 0 Å². The Morgan fingerprint density at radius 2 is 2.10 bits per heavy atom. The zero-order chi connectivity index (χ0) is 14.4. The monoisotopic (exact) mass is 344 g/mol.